The van der Waals surface area contributed by atoms with Crippen LogP contribution in [0.2, 0.25) is 0 Å². The maximum absolute atomic E-state index is 12.5. The van der Waals surface area contributed by atoms with Crippen LogP contribution in [0.15, 0.2) is 29.2 Å². The Balaban J connectivity index is 2.09. The Hall–Kier alpha value is -1.21. The second-order valence-electron chi connectivity index (χ2n) is 5.59. The molecule has 1 heterocycles. The highest BCUT2D eigenvalue weighted by molar-refractivity contribution is 8.00. The van der Waals surface area contributed by atoms with Crippen LogP contribution >= 0.6 is 11.8 Å². The number of nitrogens with two attached hydrogens (primary N) is 1. The van der Waals surface area contributed by atoms with Gasteiger partial charge in [-0.1, -0.05) is 6.92 Å². The molecule has 1 aromatic rings. The average molecular weight is 332 g/mol. The Morgan fingerprint density at radius 1 is 1.36 bits per heavy atom. The fourth-order valence-corrected chi connectivity index (χ4v) is 3.25. The minimum absolute atomic E-state index is 0.000441. The number of thioether (sulfide) groups is 1. The third kappa shape index (κ3) is 4.39. The molecule has 0 radical (unpaired) electrons. The van der Waals surface area contributed by atoms with E-state index in [1.165, 1.54) is 24.3 Å². The molecule has 0 aromatic heterocycles. The van der Waals surface area contributed by atoms with E-state index in [9.17, 15) is 18.0 Å². The lowest BCUT2D eigenvalue weighted by Gasteiger charge is -2.38. The highest BCUT2D eigenvalue weighted by atomic mass is 32.2. The molecule has 2 N–H and O–H groups in total. The van der Waals surface area contributed by atoms with Crippen molar-refractivity contribution in [3.63, 3.8) is 0 Å². The molecular formula is C15H19F3N2OS. The molecular weight excluding hydrogens is 313 g/mol. The van der Waals surface area contributed by atoms with Crippen LogP contribution in [0.1, 0.15) is 30.1 Å². The van der Waals surface area contributed by atoms with E-state index in [1.807, 2.05) is 0 Å². The van der Waals surface area contributed by atoms with Crippen LogP contribution in [0.25, 0.3) is 0 Å². The number of hydrogen-bond acceptors (Lipinski definition) is 3. The Labute approximate surface area is 132 Å². The predicted octanol–water partition coefficient (Wildman–Crippen LogP) is 3.50. The third-order valence-corrected chi connectivity index (χ3v) is 4.59. The molecule has 0 bridgehead atoms. The maximum atomic E-state index is 12.5. The summed E-state index contributed by atoms with van der Waals surface area (Å²) >= 11 is -0.183. The van der Waals surface area contributed by atoms with Crippen LogP contribution < -0.4 is 5.73 Å². The molecule has 1 aromatic carbocycles. The minimum atomic E-state index is -4.32. The topological polar surface area (TPSA) is 46.3 Å². The second kappa shape index (κ2) is 6.91. The number of hydrogen-bond donors (Lipinski definition) is 1. The highest BCUT2D eigenvalue weighted by Crippen LogP contribution is 2.36. The molecule has 1 fully saturated rings. The van der Waals surface area contributed by atoms with Crippen molar-refractivity contribution < 1.29 is 18.0 Å². The van der Waals surface area contributed by atoms with Gasteiger partial charge in [-0.3, -0.25) is 4.79 Å². The molecule has 1 aliphatic rings. The number of alkyl halides is 3. The number of piperidine rings is 1. The second-order valence-corrected chi connectivity index (χ2v) is 6.73. The highest BCUT2D eigenvalue weighted by Gasteiger charge is 2.31. The Kier molecular flexibility index (Phi) is 5.39. The van der Waals surface area contributed by atoms with Crippen LogP contribution in [0.3, 0.4) is 0 Å². The van der Waals surface area contributed by atoms with Crippen molar-refractivity contribution in [1.29, 1.82) is 0 Å². The lowest BCUT2D eigenvalue weighted by Crippen LogP contribution is -2.49. The van der Waals surface area contributed by atoms with Gasteiger partial charge in [-0.15, -0.1) is 0 Å². The number of carbonyl (C=O) groups is 1. The zero-order valence-corrected chi connectivity index (χ0v) is 13.1. The molecule has 22 heavy (non-hydrogen) atoms. The lowest BCUT2D eigenvalue weighted by molar-refractivity contribution is -0.0328. The van der Waals surface area contributed by atoms with E-state index in [0.717, 1.165) is 12.8 Å². The van der Waals surface area contributed by atoms with Gasteiger partial charge in [-0.2, -0.15) is 13.2 Å². The smallest absolute Gasteiger partial charge is 0.334 e. The van der Waals surface area contributed by atoms with Crippen LogP contribution in [-0.4, -0.2) is 35.4 Å². The molecule has 0 aliphatic carbocycles. The zero-order valence-electron chi connectivity index (χ0n) is 12.3. The number of benzene rings is 1. The van der Waals surface area contributed by atoms with Gasteiger partial charge in [0.05, 0.1) is 0 Å². The number of likely N-dealkylation sites (tertiary alicyclic amines) is 1. The minimum Gasteiger partial charge on any atom is -0.334 e. The van der Waals surface area contributed by atoms with E-state index in [-0.39, 0.29) is 28.6 Å². The van der Waals surface area contributed by atoms with Crippen LogP contribution in [0.5, 0.6) is 0 Å². The van der Waals surface area contributed by atoms with Crippen molar-refractivity contribution in [2.24, 2.45) is 11.7 Å². The van der Waals surface area contributed by atoms with Gasteiger partial charge in [0.2, 0.25) is 0 Å². The molecule has 2 unspecified atom stereocenters. The molecule has 122 valence electrons. The lowest BCUT2D eigenvalue weighted by atomic mass is 9.92. The predicted molar refractivity (Wildman–Crippen MR) is 80.6 cm³/mol. The van der Waals surface area contributed by atoms with E-state index in [2.05, 4.69) is 6.92 Å². The van der Waals surface area contributed by atoms with Crippen molar-refractivity contribution in [3.05, 3.63) is 29.8 Å². The maximum Gasteiger partial charge on any atom is 0.446 e. The van der Waals surface area contributed by atoms with Crippen molar-refractivity contribution in [3.8, 4) is 0 Å². The number of nitrogens with zero attached hydrogens (tertiary/aromatic N) is 1. The molecule has 2 rings (SSSR count). The van der Waals surface area contributed by atoms with Gasteiger partial charge in [0.1, 0.15) is 0 Å². The molecule has 1 aliphatic heterocycles. The summed E-state index contributed by atoms with van der Waals surface area (Å²) in [4.78, 5) is 14.3. The van der Waals surface area contributed by atoms with Crippen molar-refractivity contribution in [2.75, 3.05) is 13.1 Å². The van der Waals surface area contributed by atoms with Gasteiger partial charge in [0.15, 0.2) is 0 Å². The molecule has 0 saturated carbocycles. The fourth-order valence-electron chi connectivity index (χ4n) is 2.71. The quantitative estimate of drug-likeness (QED) is 0.862. The summed E-state index contributed by atoms with van der Waals surface area (Å²) in [6.07, 6.45) is 1.79. The van der Waals surface area contributed by atoms with E-state index >= 15 is 0 Å². The molecule has 1 saturated heterocycles. The van der Waals surface area contributed by atoms with Crippen LogP contribution in [-0.2, 0) is 0 Å². The Morgan fingerprint density at radius 2 is 2.00 bits per heavy atom. The standard InChI is InChI=1S/C15H19F3N2OS/c1-10-6-7-20(12(8-10)9-19)14(21)11-2-4-13(5-3-11)22-15(16,17)18/h2-5,10,12H,6-9,19H2,1H3. The molecule has 3 nitrogen and oxygen atoms in total. The first-order valence-electron chi connectivity index (χ1n) is 7.17. The van der Waals surface area contributed by atoms with E-state index in [0.29, 0.717) is 24.6 Å². The molecule has 7 heteroatoms. The number of carbonyl (C=O) groups excluding carboxylic acids is 1. The summed E-state index contributed by atoms with van der Waals surface area (Å²) in [5.74, 6) is 0.370. The van der Waals surface area contributed by atoms with Gasteiger partial charge >= 0.3 is 5.51 Å². The number of amides is 1. The Morgan fingerprint density at radius 3 is 2.55 bits per heavy atom. The van der Waals surface area contributed by atoms with Crippen LogP contribution in [0, 0.1) is 5.92 Å². The normalized spacial score (nSPS) is 22.7. The summed E-state index contributed by atoms with van der Waals surface area (Å²) in [5, 5.41) is 0. The van der Waals surface area contributed by atoms with Crippen molar-refractivity contribution in [2.45, 2.75) is 36.2 Å². The summed E-state index contributed by atoms with van der Waals surface area (Å²) in [6.45, 7) is 3.17. The largest absolute Gasteiger partial charge is 0.446 e. The van der Waals surface area contributed by atoms with Gasteiger partial charge < -0.3 is 10.6 Å². The summed E-state index contributed by atoms with van der Waals surface area (Å²) in [7, 11) is 0. The van der Waals surface area contributed by atoms with Crippen molar-refractivity contribution >= 4 is 17.7 Å². The van der Waals surface area contributed by atoms with Gasteiger partial charge in [-0.05, 0) is 54.8 Å². The summed E-state index contributed by atoms with van der Waals surface area (Å²) in [6, 6.07) is 5.55. The van der Waals surface area contributed by atoms with E-state index < -0.39 is 5.51 Å². The van der Waals surface area contributed by atoms with Crippen LogP contribution in [0.4, 0.5) is 13.2 Å². The van der Waals surface area contributed by atoms with Gasteiger partial charge in [-0.25, -0.2) is 0 Å². The monoisotopic (exact) mass is 332 g/mol. The average Bonchev–Trinajstić information content (AvgIpc) is 2.45. The first-order chi connectivity index (χ1) is 10.3. The molecule has 2 atom stereocenters. The molecule has 0 spiro atoms. The fraction of sp³-hybridized carbons (Fsp3) is 0.533. The first-order valence-corrected chi connectivity index (χ1v) is 7.98. The SMILES string of the molecule is CC1CCN(C(=O)c2ccc(SC(F)(F)F)cc2)C(CN)C1. The summed E-state index contributed by atoms with van der Waals surface area (Å²) in [5.41, 5.74) is 1.83. The first kappa shape index (κ1) is 17.1. The Bertz CT molecular complexity index is 519. The number of rotatable bonds is 3. The third-order valence-electron chi connectivity index (χ3n) is 3.85. The van der Waals surface area contributed by atoms with E-state index in [1.54, 1.807) is 4.90 Å². The summed E-state index contributed by atoms with van der Waals surface area (Å²) < 4.78 is 36.9. The van der Waals surface area contributed by atoms with Gasteiger partial charge in [0.25, 0.3) is 5.91 Å². The zero-order chi connectivity index (χ0) is 16.3. The van der Waals surface area contributed by atoms with Crippen molar-refractivity contribution in [1.82, 2.24) is 4.90 Å². The molecule has 1 amide bonds. The van der Waals surface area contributed by atoms with E-state index in [4.69, 9.17) is 5.73 Å². The van der Waals surface area contributed by atoms with Gasteiger partial charge in [0, 0.05) is 29.6 Å². The number of halogens is 3.